The summed E-state index contributed by atoms with van der Waals surface area (Å²) in [5.74, 6) is -0.890. The van der Waals surface area contributed by atoms with Gasteiger partial charge in [-0.1, -0.05) is 0 Å². The molecule has 1 aliphatic rings. The van der Waals surface area contributed by atoms with Crippen molar-refractivity contribution in [1.29, 1.82) is 0 Å². The van der Waals surface area contributed by atoms with Gasteiger partial charge in [-0.2, -0.15) is 4.31 Å². The second-order valence-corrected chi connectivity index (χ2v) is 7.07. The third-order valence-electron chi connectivity index (χ3n) is 3.51. The maximum atomic E-state index is 12.4. The third kappa shape index (κ3) is 4.05. The van der Waals surface area contributed by atoms with Crippen molar-refractivity contribution in [2.75, 3.05) is 19.7 Å². The SMILES string of the molecule is Cn1ccc(S(=O)(=O)N2CCC(OCCC(=O)O)CC2)c1. The van der Waals surface area contributed by atoms with Crippen LogP contribution in [0.25, 0.3) is 0 Å². The van der Waals surface area contributed by atoms with Crippen molar-refractivity contribution in [3.05, 3.63) is 18.5 Å². The molecular weight excluding hydrogens is 296 g/mol. The molecule has 1 saturated heterocycles. The van der Waals surface area contributed by atoms with Gasteiger partial charge in [0.05, 0.1) is 24.0 Å². The summed E-state index contributed by atoms with van der Waals surface area (Å²) >= 11 is 0. The lowest BCUT2D eigenvalue weighted by Gasteiger charge is -2.30. The average molecular weight is 316 g/mol. The molecule has 1 aromatic rings. The van der Waals surface area contributed by atoms with Crippen LogP contribution in [0.2, 0.25) is 0 Å². The van der Waals surface area contributed by atoms with Crippen molar-refractivity contribution < 1.29 is 23.1 Å². The predicted molar refractivity (Wildman–Crippen MR) is 75.4 cm³/mol. The van der Waals surface area contributed by atoms with Crippen molar-refractivity contribution in [3.8, 4) is 0 Å². The first-order valence-corrected chi connectivity index (χ1v) is 8.29. The van der Waals surface area contributed by atoms with Crippen LogP contribution in [0.5, 0.6) is 0 Å². The molecule has 8 heteroatoms. The van der Waals surface area contributed by atoms with E-state index >= 15 is 0 Å². The number of aliphatic carboxylic acids is 1. The normalized spacial score (nSPS) is 18.0. The van der Waals surface area contributed by atoms with Crippen LogP contribution in [0, 0.1) is 0 Å². The Morgan fingerprint density at radius 2 is 2.10 bits per heavy atom. The number of aromatic nitrogens is 1. The number of rotatable bonds is 6. The van der Waals surface area contributed by atoms with Gasteiger partial charge in [-0.25, -0.2) is 8.42 Å². The average Bonchev–Trinajstić information content (AvgIpc) is 2.86. The van der Waals surface area contributed by atoms with Crippen LogP contribution < -0.4 is 0 Å². The first-order chi connectivity index (χ1) is 9.89. The molecule has 1 N–H and O–H groups in total. The van der Waals surface area contributed by atoms with Crippen molar-refractivity contribution in [2.45, 2.75) is 30.3 Å². The Kier molecular flexibility index (Phi) is 5.02. The topological polar surface area (TPSA) is 88.8 Å². The maximum Gasteiger partial charge on any atom is 0.305 e. The number of carboxylic acid groups (broad SMARTS) is 1. The minimum atomic E-state index is -3.44. The molecule has 118 valence electrons. The first kappa shape index (κ1) is 16.0. The standard InChI is InChI=1S/C13H20N2O5S/c1-14-6-4-12(10-14)21(18,19)15-7-2-11(3-8-15)20-9-5-13(16)17/h4,6,10-11H,2-3,5,7-9H2,1H3,(H,16,17). The summed E-state index contributed by atoms with van der Waals surface area (Å²) in [6.07, 6.45) is 4.38. The minimum absolute atomic E-state index is 0.0253. The molecule has 0 radical (unpaired) electrons. The Balaban J connectivity index is 1.87. The molecule has 2 heterocycles. The quantitative estimate of drug-likeness (QED) is 0.833. The molecule has 0 bridgehead atoms. The van der Waals surface area contributed by atoms with E-state index < -0.39 is 16.0 Å². The first-order valence-electron chi connectivity index (χ1n) is 6.85. The van der Waals surface area contributed by atoms with Crippen molar-refractivity contribution in [3.63, 3.8) is 0 Å². The summed E-state index contributed by atoms with van der Waals surface area (Å²) in [7, 11) is -1.66. The van der Waals surface area contributed by atoms with Crippen molar-refractivity contribution >= 4 is 16.0 Å². The minimum Gasteiger partial charge on any atom is -0.481 e. The van der Waals surface area contributed by atoms with E-state index in [1.807, 2.05) is 0 Å². The maximum absolute atomic E-state index is 12.4. The number of nitrogens with zero attached hydrogens (tertiary/aromatic N) is 2. The number of aryl methyl sites for hydroxylation is 1. The Bertz CT molecular complexity index is 587. The molecule has 2 rings (SSSR count). The summed E-state index contributed by atoms with van der Waals surface area (Å²) in [6, 6.07) is 1.59. The van der Waals surface area contributed by atoms with Crippen LogP contribution >= 0.6 is 0 Å². The Morgan fingerprint density at radius 1 is 1.43 bits per heavy atom. The highest BCUT2D eigenvalue weighted by molar-refractivity contribution is 7.89. The summed E-state index contributed by atoms with van der Waals surface area (Å²) in [6.45, 7) is 0.968. The largest absolute Gasteiger partial charge is 0.481 e. The van der Waals surface area contributed by atoms with Crippen molar-refractivity contribution in [1.82, 2.24) is 8.87 Å². The van der Waals surface area contributed by atoms with Crippen LogP contribution in [0.1, 0.15) is 19.3 Å². The van der Waals surface area contributed by atoms with Gasteiger partial charge in [-0.3, -0.25) is 4.79 Å². The van der Waals surface area contributed by atoms with E-state index in [-0.39, 0.29) is 19.1 Å². The Hall–Kier alpha value is -1.38. The molecule has 0 atom stereocenters. The van der Waals surface area contributed by atoms with Gasteiger partial charge in [0.15, 0.2) is 0 Å². The Labute approximate surface area is 124 Å². The summed E-state index contributed by atoms with van der Waals surface area (Å²) in [5, 5.41) is 8.55. The number of carbonyl (C=O) groups is 1. The lowest BCUT2D eigenvalue weighted by Crippen LogP contribution is -2.40. The smallest absolute Gasteiger partial charge is 0.305 e. The van der Waals surface area contributed by atoms with E-state index in [0.717, 1.165) is 0 Å². The highest BCUT2D eigenvalue weighted by Gasteiger charge is 2.30. The fourth-order valence-electron chi connectivity index (χ4n) is 2.33. The second-order valence-electron chi connectivity index (χ2n) is 5.13. The van der Waals surface area contributed by atoms with Crippen LogP contribution in [0.15, 0.2) is 23.4 Å². The lowest BCUT2D eigenvalue weighted by molar-refractivity contribution is -0.138. The highest BCUT2D eigenvalue weighted by atomic mass is 32.2. The van der Waals surface area contributed by atoms with Crippen LogP contribution in [0.4, 0.5) is 0 Å². The molecule has 0 aliphatic carbocycles. The number of sulfonamides is 1. The van der Waals surface area contributed by atoms with Crippen LogP contribution in [-0.4, -0.2) is 54.2 Å². The van der Waals surface area contributed by atoms with Gasteiger partial charge in [0, 0.05) is 32.5 Å². The zero-order valence-electron chi connectivity index (χ0n) is 11.9. The van der Waals surface area contributed by atoms with E-state index in [1.165, 1.54) is 4.31 Å². The van der Waals surface area contributed by atoms with E-state index in [2.05, 4.69) is 0 Å². The molecule has 0 spiro atoms. The van der Waals surface area contributed by atoms with Gasteiger partial charge in [0.1, 0.15) is 0 Å². The van der Waals surface area contributed by atoms with Gasteiger partial charge in [0.2, 0.25) is 10.0 Å². The van der Waals surface area contributed by atoms with Crippen LogP contribution in [0.3, 0.4) is 0 Å². The Morgan fingerprint density at radius 3 is 2.62 bits per heavy atom. The number of hydrogen-bond donors (Lipinski definition) is 1. The van der Waals surface area contributed by atoms with E-state index in [1.54, 1.807) is 30.1 Å². The van der Waals surface area contributed by atoms with Gasteiger partial charge in [0.25, 0.3) is 0 Å². The molecule has 7 nitrogen and oxygen atoms in total. The number of hydrogen-bond acceptors (Lipinski definition) is 4. The molecule has 1 aliphatic heterocycles. The monoisotopic (exact) mass is 316 g/mol. The summed E-state index contributed by atoms with van der Waals surface area (Å²) in [5.41, 5.74) is 0. The second kappa shape index (κ2) is 6.59. The van der Waals surface area contributed by atoms with E-state index in [9.17, 15) is 13.2 Å². The highest BCUT2D eigenvalue weighted by Crippen LogP contribution is 2.22. The molecular formula is C13H20N2O5S. The number of ether oxygens (including phenoxy) is 1. The van der Waals surface area contributed by atoms with E-state index in [4.69, 9.17) is 9.84 Å². The fraction of sp³-hybridized carbons (Fsp3) is 0.615. The van der Waals surface area contributed by atoms with Crippen LogP contribution in [-0.2, 0) is 26.6 Å². The fourth-order valence-corrected chi connectivity index (χ4v) is 3.85. The van der Waals surface area contributed by atoms with Gasteiger partial charge < -0.3 is 14.4 Å². The van der Waals surface area contributed by atoms with Gasteiger partial charge in [-0.15, -0.1) is 0 Å². The van der Waals surface area contributed by atoms with Gasteiger partial charge >= 0.3 is 5.97 Å². The molecule has 0 saturated carbocycles. The summed E-state index contributed by atoms with van der Waals surface area (Å²) < 4.78 is 33.4. The zero-order chi connectivity index (χ0) is 15.5. The zero-order valence-corrected chi connectivity index (χ0v) is 12.8. The summed E-state index contributed by atoms with van der Waals surface area (Å²) in [4.78, 5) is 10.7. The number of carboxylic acids is 1. The predicted octanol–water partition coefficient (Wildman–Crippen LogP) is 0.669. The lowest BCUT2D eigenvalue weighted by atomic mass is 10.1. The molecule has 1 aromatic heterocycles. The molecule has 1 fully saturated rings. The van der Waals surface area contributed by atoms with Crippen molar-refractivity contribution in [2.24, 2.45) is 7.05 Å². The molecule has 0 aromatic carbocycles. The molecule has 0 unspecified atom stereocenters. The molecule has 0 amide bonds. The van der Waals surface area contributed by atoms with E-state index in [0.29, 0.717) is 30.8 Å². The number of piperidine rings is 1. The molecule has 21 heavy (non-hydrogen) atoms. The van der Waals surface area contributed by atoms with Gasteiger partial charge in [-0.05, 0) is 18.9 Å². The third-order valence-corrected chi connectivity index (χ3v) is 5.40.